The van der Waals surface area contributed by atoms with Gasteiger partial charge in [0.1, 0.15) is 0 Å². The Bertz CT molecular complexity index is 660. The molecule has 0 aliphatic rings. The molecule has 0 saturated carbocycles. The fraction of sp³-hybridized carbons (Fsp3) is 0.385. The van der Waals surface area contributed by atoms with Crippen LogP contribution in [0.25, 0.3) is 10.2 Å². The van der Waals surface area contributed by atoms with Gasteiger partial charge in [0.15, 0.2) is 4.80 Å². The molecule has 102 valence electrons. The molecule has 0 aliphatic carbocycles. The fourth-order valence-corrected chi connectivity index (χ4v) is 3.43. The van der Waals surface area contributed by atoms with Gasteiger partial charge in [-0.15, -0.1) is 0 Å². The van der Waals surface area contributed by atoms with Crippen LogP contribution in [0.4, 0.5) is 0 Å². The van der Waals surface area contributed by atoms with Crippen molar-refractivity contribution in [1.82, 2.24) is 4.57 Å². The zero-order chi connectivity index (χ0) is 13.8. The number of aryl methyl sites for hydroxylation is 1. The monoisotopic (exact) mass is 314 g/mol. The van der Waals surface area contributed by atoms with Crippen molar-refractivity contribution in [3.05, 3.63) is 28.0 Å². The van der Waals surface area contributed by atoms with Gasteiger partial charge in [-0.2, -0.15) is 16.8 Å². The van der Waals surface area contributed by atoms with Crippen LogP contribution in [0.15, 0.2) is 23.2 Å². The lowest BCUT2D eigenvalue weighted by molar-refractivity contribution is -0.117. The topological polar surface area (TPSA) is 34.4 Å². The van der Waals surface area contributed by atoms with Crippen molar-refractivity contribution < 1.29 is 4.79 Å². The first-order valence-electron chi connectivity index (χ1n) is 6.01. The number of aromatic nitrogens is 1. The van der Waals surface area contributed by atoms with E-state index in [4.69, 9.17) is 11.6 Å². The van der Waals surface area contributed by atoms with Gasteiger partial charge in [0.25, 0.3) is 0 Å². The van der Waals surface area contributed by atoms with Crippen molar-refractivity contribution in [2.75, 3.05) is 12.0 Å². The van der Waals surface area contributed by atoms with Crippen LogP contribution in [0, 0.1) is 0 Å². The molecule has 0 unspecified atom stereocenters. The number of hydrogen-bond donors (Lipinski definition) is 0. The summed E-state index contributed by atoms with van der Waals surface area (Å²) in [5, 5.41) is 0.708. The highest BCUT2D eigenvalue weighted by molar-refractivity contribution is 7.98. The van der Waals surface area contributed by atoms with Gasteiger partial charge in [0.05, 0.1) is 10.2 Å². The first-order chi connectivity index (χ1) is 9.15. The molecule has 1 heterocycles. The van der Waals surface area contributed by atoms with Crippen molar-refractivity contribution in [3.63, 3.8) is 0 Å². The van der Waals surface area contributed by atoms with Gasteiger partial charge in [0, 0.05) is 23.7 Å². The van der Waals surface area contributed by atoms with Crippen LogP contribution >= 0.6 is 34.7 Å². The Morgan fingerprint density at radius 2 is 2.32 bits per heavy atom. The molecule has 19 heavy (non-hydrogen) atoms. The molecule has 0 spiro atoms. The van der Waals surface area contributed by atoms with Crippen molar-refractivity contribution in [2.45, 2.75) is 19.9 Å². The molecule has 2 aromatic rings. The first-order valence-corrected chi connectivity index (χ1v) is 8.60. The minimum Gasteiger partial charge on any atom is -0.316 e. The van der Waals surface area contributed by atoms with Crippen LogP contribution in [-0.4, -0.2) is 22.5 Å². The van der Waals surface area contributed by atoms with E-state index in [1.165, 1.54) is 11.3 Å². The summed E-state index contributed by atoms with van der Waals surface area (Å²) in [5.41, 5.74) is 1.09. The van der Waals surface area contributed by atoms with Crippen LogP contribution in [0.1, 0.15) is 13.3 Å². The van der Waals surface area contributed by atoms with Crippen molar-refractivity contribution >= 4 is 50.8 Å². The number of hydrogen-bond acceptors (Lipinski definition) is 3. The minimum atomic E-state index is -0.0874. The summed E-state index contributed by atoms with van der Waals surface area (Å²) < 4.78 is 3.16. The molecular formula is C13H15ClN2OS2. The van der Waals surface area contributed by atoms with Gasteiger partial charge < -0.3 is 4.57 Å². The number of halogens is 1. The van der Waals surface area contributed by atoms with Gasteiger partial charge in [-0.3, -0.25) is 4.79 Å². The Morgan fingerprint density at radius 1 is 1.53 bits per heavy atom. The first kappa shape index (κ1) is 14.6. The normalized spacial score (nSPS) is 12.3. The van der Waals surface area contributed by atoms with Crippen LogP contribution < -0.4 is 4.80 Å². The minimum absolute atomic E-state index is 0.0874. The average Bonchev–Trinajstić information content (AvgIpc) is 2.72. The number of fused-ring (bicyclic) bond motifs is 1. The lowest BCUT2D eigenvalue weighted by atomic mass is 10.3. The van der Waals surface area contributed by atoms with Gasteiger partial charge in [0.2, 0.25) is 5.91 Å². The Balaban J connectivity index is 2.60. The Labute approximate surface area is 125 Å². The van der Waals surface area contributed by atoms with Crippen molar-refractivity contribution in [1.29, 1.82) is 0 Å². The van der Waals surface area contributed by atoms with E-state index in [0.717, 1.165) is 27.3 Å². The number of carbonyl (C=O) groups excluding carboxylic acids is 1. The van der Waals surface area contributed by atoms with Gasteiger partial charge in [-0.1, -0.05) is 29.9 Å². The molecule has 0 bridgehead atoms. The number of benzene rings is 1. The Morgan fingerprint density at radius 3 is 3.00 bits per heavy atom. The van der Waals surface area contributed by atoms with E-state index in [1.807, 2.05) is 25.1 Å². The predicted molar refractivity (Wildman–Crippen MR) is 84.1 cm³/mol. The standard InChI is InChI=1S/C13H15ClN2OS2/c1-3-12(17)15-13-16(6-7-18-2)10-5-4-9(14)8-11(10)19-13/h4-5,8H,3,6-7H2,1-2H3. The number of amides is 1. The summed E-state index contributed by atoms with van der Waals surface area (Å²) in [5.74, 6) is 0.901. The van der Waals surface area contributed by atoms with Gasteiger partial charge >= 0.3 is 0 Å². The molecule has 2 rings (SSSR count). The second kappa shape index (κ2) is 6.59. The maximum absolute atomic E-state index is 11.5. The van der Waals surface area contributed by atoms with E-state index in [0.29, 0.717) is 11.4 Å². The summed E-state index contributed by atoms with van der Waals surface area (Å²) in [6.07, 6.45) is 2.50. The molecule has 1 amide bonds. The molecule has 0 N–H and O–H groups in total. The largest absolute Gasteiger partial charge is 0.316 e. The molecule has 3 nitrogen and oxygen atoms in total. The maximum atomic E-state index is 11.5. The molecule has 1 aromatic heterocycles. The highest BCUT2D eigenvalue weighted by Crippen LogP contribution is 2.22. The predicted octanol–water partition coefficient (Wildman–Crippen LogP) is 3.56. The van der Waals surface area contributed by atoms with E-state index < -0.39 is 0 Å². The second-order valence-electron chi connectivity index (χ2n) is 4.00. The van der Waals surface area contributed by atoms with E-state index >= 15 is 0 Å². The third-order valence-electron chi connectivity index (χ3n) is 2.69. The smallest absolute Gasteiger partial charge is 0.248 e. The average molecular weight is 315 g/mol. The molecule has 0 fully saturated rings. The quantitative estimate of drug-likeness (QED) is 0.865. The summed E-state index contributed by atoms with van der Waals surface area (Å²) in [4.78, 5) is 16.5. The van der Waals surface area contributed by atoms with Crippen LogP contribution in [0.5, 0.6) is 0 Å². The van der Waals surface area contributed by atoms with E-state index in [1.54, 1.807) is 11.8 Å². The molecule has 0 aliphatic heterocycles. The highest BCUT2D eigenvalue weighted by Gasteiger charge is 2.07. The van der Waals surface area contributed by atoms with Crippen LogP contribution in [0.3, 0.4) is 0 Å². The summed E-state index contributed by atoms with van der Waals surface area (Å²) in [6, 6.07) is 5.79. The highest BCUT2D eigenvalue weighted by atomic mass is 35.5. The van der Waals surface area contributed by atoms with Gasteiger partial charge in [-0.05, 0) is 24.5 Å². The van der Waals surface area contributed by atoms with E-state index in [2.05, 4.69) is 15.8 Å². The van der Waals surface area contributed by atoms with Crippen molar-refractivity contribution in [3.8, 4) is 0 Å². The number of carbonyl (C=O) groups is 1. The molecule has 0 radical (unpaired) electrons. The lowest BCUT2D eigenvalue weighted by Gasteiger charge is -2.03. The van der Waals surface area contributed by atoms with E-state index in [-0.39, 0.29) is 5.91 Å². The second-order valence-corrected chi connectivity index (χ2v) is 6.43. The third kappa shape index (κ3) is 3.41. The maximum Gasteiger partial charge on any atom is 0.248 e. The Hall–Kier alpha value is -0.780. The van der Waals surface area contributed by atoms with Crippen molar-refractivity contribution in [2.24, 2.45) is 4.99 Å². The lowest BCUT2D eigenvalue weighted by Crippen LogP contribution is -2.17. The van der Waals surface area contributed by atoms with Gasteiger partial charge in [-0.25, -0.2) is 0 Å². The van der Waals surface area contributed by atoms with Crippen LogP contribution in [0.2, 0.25) is 5.02 Å². The molecule has 0 saturated heterocycles. The summed E-state index contributed by atoms with van der Waals surface area (Å²) in [6.45, 7) is 2.67. The third-order valence-corrected chi connectivity index (χ3v) is 4.55. The number of rotatable bonds is 4. The Kier molecular flexibility index (Phi) is 5.07. The molecule has 1 aromatic carbocycles. The fourth-order valence-electron chi connectivity index (χ4n) is 1.72. The molecular weight excluding hydrogens is 300 g/mol. The van der Waals surface area contributed by atoms with Crippen LogP contribution in [-0.2, 0) is 11.3 Å². The molecule has 6 heteroatoms. The zero-order valence-corrected chi connectivity index (χ0v) is 13.2. The van der Waals surface area contributed by atoms with E-state index in [9.17, 15) is 4.79 Å². The number of nitrogens with zero attached hydrogens (tertiary/aromatic N) is 2. The number of thioether (sulfide) groups is 1. The number of thiazole rings is 1. The molecule has 0 atom stereocenters. The SMILES string of the molecule is CCC(=O)N=c1sc2cc(Cl)ccc2n1CCSC. The summed E-state index contributed by atoms with van der Waals surface area (Å²) in [7, 11) is 0. The zero-order valence-electron chi connectivity index (χ0n) is 10.9. The summed E-state index contributed by atoms with van der Waals surface area (Å²) >= 11 is 9.30.